The smallest absolute Gasteiger partial charge is 0.168 e. The predicted molar refractivity (Wildman–Crippen MR) is 108 cm³/mol. The summed E-state index contributed by atoms with van der Waals surface area (Å²) in [5.74, 6) is 0.150. The minimum atomic E-state index is -0.358. The van der Waals surface area contributed by atoms with Crippen LogP contribution in [0.15, 0.2) is 71.9 Å². The molecule has 0 spiro atoms. The Kier molecular flexibility index (Phi) is 4.44. The lowest BCUT2D eigenvalue weighted by molar-refractivity contribution is 0.0744. The van der Waals surface area contributed by atoms with Crippen LogP contribution in [0.1, 0.15) is 45.4 Å². The van der Waals surface area contributed by atoms with E-state index >= 15 is 0 Å². The molecule has 136 valence electrons. The Labute approximate surface area is 159 Å². The third kappa shape index (κ3) is 3.10. The highest BCUT2D eigenvalue weighted by Crippen LogP contribution is 2.45. The number of rotatable bonds is 3. The minimum absolute atomic E-state index is 0.0837. The highest BCUT2D eigenvalue weighted by Gasteiger charge is 2.39. The van der Waals surface area contributed by atoms with Crippen molar-refractivity contribution in [1.29, 1.82) is 0 Å². The molecule has 2 atom stereocenters. The van der Waals surface area contributed by atoms with Gasteiger partial charge < -0.3 is 9.94 Å². The molecule has 0 aromatic heterocycles. The van der Waals surface area contributed by atoms with Crippen molar-refractivity contribution in [2.45, 2.75) is 32.8 Å². The van der Waals surface area contributed by atoms with Gasteiger partial charge in [-0.25, -0.2) is 0 Å². The van der Waals surface area contributed by atoms with Crippen molar-refractivity contribution < 1.29 is 9.94 Å². The number of nitrogens with zero attached hydrogens (tertiary/aromatic N) is 1. The van der Waals surface area contributed by atoms with E-state index in [1.54, 1.807) is 6.07 Å². The summed E-state index contributed by atoms with van der Waals surface area (Å²) in [6.45, 7) is 6.34. The van der Waals surface area contributed by atoms with Gasteiger partial charge in [0.05, 0.1) is 11.6 Å². The lowest BCUT2D eigenvalue weighted by atomic mass is 9.80. The fraction of sp³-hybridized carbons (Fsp3) is 0.208. The average Bonchev–Trinajstić information content (AvgIpc) is 3.06. The van der Waals surface area contributed by atoms with Gasteiger partial charge in [-0.15, -0.1) is 0 Å². The fourth-order valence-corrected chi connectivity index (χ4v) is 4.12. The number of para-hydroxylation sites is 1. The number of aryl methyl sites for hydroxylation is 3. The summed E-state index contributed by atoms with van der Waals surface area (Å²) in [5, 5.41) is 14.9. The van der Waals surface area contributed by atoms with E-state index in [2.05, 4.69) is 50.2 Å². The number of oxime groups is 1. The monoisotopic (exact) mass is 357 g/mol. The highest BCUT2D eigenvalue weighted by molar-refractivity contribution is 6.08. The first-order valence-electron chi connectivity index (χ1n) is 9.21. The van der Waals surface area contributed by atoms with Gasteiger partial charge in [0.25, 0.3) is 0 Å². The van der Waals surface area contributed by atoms with Crippen LogP contribution in [0.2, 0.25) is 0 Å². The summed E-state index contributed by atoms with van der Waals surface area (Å²) in [7, 11) is 0. The van der Waals surface area contributed by atoms with E-state index < -0.39 is 0 Å². The van der Waals surface area contributed by atoms with E-state index in [0.29, 0.717) is 0 Å². The SMILES string of the molecule is Cc1cc(C)c(C2=NO[C@@H](c3ccccc3O)[C@@H]2c2ccccc2)c(C)c1. The quantitative estimate of drug-likeness (QED) is 0.665. The number of benzene rings is 3. The Balaban J connectivity index is 1.87. The Morgan fingerprint density at radius 2 is 1.48 bits per heavy atom. The fourth-order valence-electron chi connectivity index (χ4n) is 4.12. The first-order chi connectivity index (χ1) is 13.1. The Morgan fingerprint density at radius 1 is 0.852 bits per heavy atom. The van der Waals surface area contributed by atoms with Crippen LogP contribution in [-0.4, -0.2) is 10.8 Å². The molecule has 4 rings (SSSR count). The van der Waals surface area contributed by atoms with Crippen LogP contribution in [-0.2, 0) is 4.84 Å². The second-order valence-corrected chi connectivity index (χ2v) is 7.22. The van der Waals surface area contributed by atoms with Gasteiger partial charge in [-0.2, -0.15) is 0 Å². The van der Waals surface area contributed by atoms with Gasteiger partial charge in [-0.05, 0) is 43.5 Å². The summed E-state index contributed by atoms with van der Waals surface area (Å²) in [6.07, 6.45) is -0.358. The van der Waals surface area contributed by atoms with Crippen LogP contribution in [0.3, 0.4) is 0 Å². The zero-order valence-corrected chi connectivity index (χ0v) is 15.8. The van der Waals surface area contributed by atoms with Crippen LogP contribution in [0.25, 0.3) is 0 Å². The molecular formula is C24H23NO2. The second-order valence-electron chi connectivity index (χ2n) is 7.22. The molecule has 1 aliphatic rings. The van der Waals surface area contributed by atoms with Gasteiger partial charge in [0.15, 0.2) is 6.10 Å². The maximum atomic E-state index is 10.4. The average molecular weight is 357 g/mol. The van der Waals surface area contributed by atoms with Gasteiger partial charge in [-0.3, -0.25) is 0 Å². The normalized spacial score (nSPS) is 18.9. The second kappa shape index (κ2) is 6.92. The van der Waals surface area contributed by atoms with E-state index in [0.717, 1.165) is 22.4 Å². The van der Waals surface area contributed by atoms with Gasteiger partial charge in [0.2, 0.25) is 0 Å². The predicted octanol–water partition coefficient (Wildman–Crippen LogP) is 5.58. The van der Waals surface area contributed by atoms with Crippen molar-refractivity contribution >= 4 is 5.71 Å². The van der Waals surface area contributed by atoms with Crippen molar-refractivity contribution in [1.82, 2.24) is 0 Å². The Hall–Kier alpha value is -3.07. The molecule has 27 heavy (non-hydrogen) atoms. The molecule has 1 heterocycles. The molecule has 0 unspecified atom stereocenters. The molecule has 0 saturated heterocycles. The first kappa shape index (κ1) is 17.3. The van der Waals surface area contributed by atoms with E-state index in [1.807, 2.05) is 36.4 Å². The lowest BCUT2D eigenvalue weighted by Gasteiger charge is -2.22. The molecule has 3 nitrogen and oxygen atoms in total. The number of phenols is 1. The van der Waals surface area contributed by atoms with Crippen molar-refractivity contribution in [2.75, 3.05) is 0 Å². The molecule has 1 aliphatic heterocycles. The Morgan fingerprint density at radius 3 is 2.15 bits per heavy atom. The van der Waals surface area contributed by atoms with Crippen molar-refractivity contribution in [3.63, 3.8) is 0 Å². The topological polar surface area (TPSA) is 41.8 Å². The zero-order chi connectivity index (χ0) is 19.0. The molecule has 3 heteroatoms. The van der Waals surface area contributed by atoms with Crippen LogP contribution in [0.5, 0.6) is 5.75 Å². The molecule has 0 amide bonds. The van der Waals surface area contributed by atoms with Crippen molar-refractivity contribution in [3.8, 4) is 5.75 Å². The third-order valence-electron chi connectivity index (χ3n) is 5.20. The molecule has 0 bridgehead atoms. The van der Waals surface area contributed by atoms with E-state index in [-0.39, 0.29) is 17.8 Å². The zero-order valence-electron chi connectivity index (χ0n) is 15.8. The Bertz CT molecular complexity index is 985. The van der Waals surface area contributed by atoms with Crippen molar-refractivity contribution in [3.05, 3.63) is 100 Å². The number of aromatic hydroxyl groups is 1. The highest BCUT2D eigenvalue weighted by atomic mass is 16.6. The standard InChI is InChI=1S/C24H23NO2/c1-15-13-16(2)21(17(3)14-15)23-22(18-9-5-4-6-10-18)24(27-25-23)19-11-7-8-12-20(19)26/h4-14,22,24,26H,1-3H3/t22-,24+/m1/s1. The summed E-state index contributed by atoms with van der Waals surface area (Å²) in [6, 6.07) is 22.0. The number of hydrogen-bond acceptors (Lipinski definition) is 3. The molecule has 3 aromatic rings. The van der Waals surface area contributed by atoms with E-state index in [4.69, 9.17) is 4.84 Å². The summed E-state index contributed by atoms with van der Waals surface area (Å²) in [5.41, 5.74) is 7.55. The molecule has 1 N–H and O–H groups in total. The molecule has 0 saturated carbocycles. The lowest BCUT2D eigenvalue weighted by Crippen LogP contribution is -2.18. The third-order valence-corrected chi connectivity index (χ3v) is 5.20. The summed E-state index contributed by atoms with van der Waals surface area (Å²) in [4.78, 5) is 5.92. The van der Waals surface area contributed by atoms with Gasteiger partial charge in [-0.1, -0.05) is 71.4 Å². The van der Waals surface area contributed by atoms with E-state index in [9.17, 15) is 5.11 Å². The minimum Gasteiger partial charge on any atom is -0.508 e. The first-order valence-corrected chi connectivity index (χ1v) is 9.21. The van der Waals surface area contributed by atoms with Gasteiger partial charge >= 0.3 is 0 Å². The summed E-state index contributed by atoms with van der Waals surface area (Å²) < 4.78 is 0. The van der Waals surface area contributed by atoms with Gasteiger partial charge in [0, 0.05) is 11.1 Å². The maximum absolute atomic E-state index is 10.4. The molecular weight excluding hydrogens is 334 g/mol. The van der Waals surface area contributed by atoms with Gasteiger partial charge in [0.1, 0.15) is 5.75 Å². The molecule has 0 radical (unpaired) electrons. The van der Waals surface area contributed by atoms with Crippen LogP contribution >= 0.6 is 0 Å². The van der Waals surface area contributed by atoms with E-state index in [1.165, 1.54) is 16.7 Å². The number of phenolic OH excluding ortho intramolecular Hbond substituents is 1. The van der Waals surface area contributed by atoms with Crippen LogP contribution in [0, 0.1) is 20.8 Å². The van der Waals surface area contributed by atoms with Crippen molar-refractivity contribution in [2.24, 2.45) is 5.16 Å². The van der Waals surface area contributed by atoms with Crippen LogP contribution < -0.4 is 0 Å². The van der Waals surface area contributed by atoms with Crippen LogP contribution in [0.4, 0.5) is 0 Å². The molecule has 0 fully saturated rings. The summed E-state index contributed by atoms with van der Waals surface area (Å²) >= 11 is 0. The number of hydrogen-bond donors (Lipinski definition) is 1. The largest absolute Gasteiger partial charge is 0.508 e. The molecule has 3 aromatic carbocycles. The maximum Gasteiger partial charge on any atom is 0.168 e. The molecule has 0 aliphatic carbocycles.